The van der Waals surface area contributed by atoms with Crippen LogP contribution in [0.25, 0.3) is 0 Å². The summed E-state index contributed by atoms with van der Waals surface area (Å²) in [6.45, 7) is 4.07. The molecule has 20 heavy (non-hydrogen) atoms. The minimum absolute atomic E-state index is 0.0374. The Morgan fingerprint density at radius 1 is 1.45 bits per heavy atom. The number of aliphatic hydroxyl groups is 1. The average Bonchev–Trinajstić information content (AvgIpc) is 2.68. The van der Waals surface area contributed by atoms with Gasteiger partial charge in [-0.3, -0.25) is 0 Å². The maximum absolute atomic E-state index is 12.4. The van der Waals surface area contributed by atoms with E-state index in [1.807, 2.05) is 0 Å². The molecule has 1 aliphatic rings. The van der Waals surface area contributed by atoms with E-state index in [0.717, 1.165) is 19.3 Å². The molecule has 1 aromatic rings. The van der Waals surface area contributed by atoms with Gasteiger partial charge in [-0.15, -0.1) is 0 Å². The van der Waals surface area contributed by atoms with Gasteiger partial charge in [0.05, 0.1) is 11.6 Å². The predicted octanol–water partition coefficient (Wildman–Crippen LogP) is 2.69. The lowest BCUT2D eigenvalue weighted by atomic mass is 9.92. The number of benzene rings is 1. The second kappa shape index (κ2) is 5.64. The fourth-order valence-electron chi connectivity index (χ4n) is 2.67. The van der Waals surface area contributed by atoms with Crippen molar-refractivity contribution in [2.24, 2.45) is 5.41 Å². The molecule has 0 spiro atoms. The van der Waals surface area contributed by atoms with Gasteiger partial charge in [0.25, 0.3) is 0 Å². The first-order chi connectivity index (χ1) is 9.23. The Bertz CT molecular complexity index is 598. The van der Waals surface area contributed by atoms with Gasteiger partial charge in [0, 0.05) is 6.04 Å². The van der Waals surface area contributed by atoms with E-state index in [1.54, 1.807) is 6.07 Å². The monoisotopic (exact) mass is 317 g/mol. The van der Waals surface area contributed by atoms with Gasteiger partial charge in [-0.25, -0.2) is 13.1 Å². The molecular weight excluding hydrogens is 298 g/mol. The van der Waals surface area contributed by atoms with E-state index in [0.29, 0.717) is 5.56 Å². The topological polar surface area (TPSA) is 66.4 Å². The summed E-state index contributed by atoms with van der Waals surface area (Å²) in [4.78, 5) is 0.0374. The molecule has 0 aromatic heterocycles. The molecule has 112 valence electrons. The van der Waals surface area contributed by atoms with E-state index < -0.39 is 10.0 Å². The van der Waals surface area contributed by atoms with Gasteiger partial charge in [-0.05, 0) is 42.4 Å². The number of rotatable bonds is 4. The molecule has 2 rings (SSSR count). The predicted molar refractivity (Wildman–Crippen MR) is 79.1 cm³/mol. The van der Waals surface area contributed by atoms with Crippen molar-refractivity contribution in [3.8, 4) is 0 Å². The summed E-state index contributed by atoms with van der Waals surface area (Å²) in [7, 11) is -3.65. The van der Waals surface area contributed by atoms with Crippen LogP contribution >= 0.6 is 11.6 Å². The molecule has 0 saturated heterocycles. The van der Waals surface area contributed by atoms with Gasteiger partial charge in [-0.1, -0.05) is 31.5 Å². The second-order valence-electron chi connectivity index (χ2n) is 6.15. The summed E-state index contributed by atoms with van der Waals surface area (Å²) >= 11 is 5.98. The fourth-order valence-corrected chi connectivity index (χ4v) is 4.49. The maximum Gasteiger partial charge on any atom is 0.242 e. The third-order valence-electron chi connectivity index (χ3n) is 3.76. The molecule has 2 N–H and O–H groups in total. The Morgan fingerprint density at radius 3 is 2.70 bits per heavy atom. The van der Waals surface area contributed by atoms with Crippen LogP contribution < -0.4 is 4.72 Å². The Morgan fingerprint density at radius 2 is 2.15 bits per heavy atom. The first-order valence-corrected chi connectivity index (χ1v) is 8.51. The van der Waals surface area contributed by atoms with Crippen LogP contribution in [0.15, 0.2) is 23.1 Å². The molecule has 4 nitrogen and oxygen atoms in total. The summed E-state index contributed by atoms with van der Waals surface area (Å²) in [5.74, 6) is 0. The lowest BCUT2D eigenvalue weighted by Gasteiger charge is -2.18. The molecular formula is C14H20ClNO3S. The van der Waals surface area contributed by atoms with Crippen LogP contribution in [0, 0.1) is 5.41 Å². The molecule has 1 unspecified atom stereocenters. The second-order valence-corrected chi connectivity index (χ2v) is 8.24. The standard InChI is InChI=1S/C14H20ClNO3S/c1-14(2)6-5-11(8-14)16-20(18,19)13-7-10(9-17)3-4-12(13)15/h3-4,7,11,16-17H,5-6,8-9H2,1-2H3. The van der Waals surface area contributed by atoms with Crippen LogP contribution in [-0.4, -0.2) is 19.6 Å². The Labute approximate surface area is 125 Å². The molecule has 1 aliphatic carbocycles. The van der Waals surface area contributed by atoms with Crippen molar-refractivity contribution in [3.63, 3.8) is 0 Å². The zero-order valence-corrected chi connectivity index (χ0v) is 13.3. The zero-order chi connectivity index (χ0) is 15.0. The van der Waals surface area contributed by atoms with E-state index in [4.69, 9.17) is 16.7 Å². The fraction of sp³-hybridized carbons (Fsp3) is 0.571. The third kappa shape index (κ3) is 3.52. The molecule has 0 amide bonds. The zero-order valence-electron chi connectivity index (χ0n) is 11.7. The molecule has 0 bridgehead atoms. The Hall–Kier alpha value is -0.620. The summed E-state index contributed by atoms with van der Waals surface area (Å²) in [5, 5.41) is 9.29. The van der Waals surface area contributed by atoms with E-state index in [2.05, 4.69) is 18.6 Å². The molecule has 1 atom stereocenters. The number of sulfonamides is 1. The third-order valence-corrected chi connectivity index (χ3v) is 5.76. The van der Waals surface area contributed by atoms with Crippen LogP contribution in [0.5, 0.6) is 0 Å². The van der Waals surface area contributed by atoms with E-state index in [-0.39, 0.29) is 28.0 Å². The first-order valence-electron chi connectivity index (χ1n) is 6.65. The number of hydrogen-bond acceptors (Lipinski definition) is 3. The number of nitrogens with one attached hydrogen (secondary N) is 1. The van der Waals surface area contributed by atoms with Crippen LogP contribution in [0.2, 0.25) is 5.02 Å². The number of halogens is 1. The normalized spacial score (nSPS) is 22.1. The van der Waals surface area contributed by atoms with Gasteiger partial charge in [0.1, 0.15) is 4.90 Å². The van der Waals surface area contributed by atoms with Gasteiger partial charge >= 0.3 is 0 Å². The lowest BCUT2D eigenvalue weighted by Crippen LogP contribution is -2.33. The van der Waals surface area contributed by atoms with Crippen molar-refractivity contribution < 1.29 is 13.5 Å². The van der Waals surface area contributed by atoms with E-state index in [1.165, 1.54) is 12.1 Å². The maximum atomic E-state index is 12.4. The lowest BCUT2D eigenvalue weighted by molar-refractivity contribution is 0.281. The van der Waals surface area contributed by atoms with E-state index >= 15 is 0 Å². The molecule has 1 aromatic carbocycles. The highest BCUT2D eigenvalue weighted by Crippen LogP contribution is 2.37. The molecule has 0 radical (unpaired) electrons. The minimum atomic E-state index is -3.65. The van der Waals surface area contributed by atoms with Crippen LogP contribution in [0.4, 0.5) is 0 Å². The quantitative estimate of drug-likeness (QED) is 0.897. The first kappa shape index (κ1) is 15.8. The summed E-state index contributed by atoms with van der Waals surface area (Å²) in [5.41, 5.74) is 0.700. The van der Waals surface area contributed by atoms with Gasteiger partial charge in [-0.2, -0.15) is 0 Å². The van der Waals surface area contributed by atoms with Crippen molar-refractivity contribution >= 4 is 21.6 Å². The van der Waals surface area contributed by atoms with Crippen molar-refractivity contribution in [1.29, 1.82) is 0 Å². The van der Waals surface area contributed by atoms with Crippen molar-refractivity contribution in [3.05, 3.63) is 28.8 Å². The highest BCUT2D eigenvalue weighted by Gasteiger charge is 2.34. The molecule has 1 fully saturated rings. The van der Waals surface area contributed by atoms with Gasteiger partial charge in [0.15, 0.2) is 0 Å². The summed E-state index contributed by atoms with van der Waals surface area (Å²) in [6, 6.07) is 4.48. The van der Waals surface area contributed by atoms with Crippen molar-refractivity contribution in [2.45, 2.75) is 50.7 Å². The summed E-state index contributed by atoms with van der Waals surface area (Å²) < 4.78 is 27.5. The van der Waals surface area contributed by atoms with E-state index in [9.17, 15) is 8.42 Å². The van der Waals surface area contributed by atoms with Gasteiger partial charge in [0.2, 0.25) is 10.0 Å². The Kier molecular flexibility index (Phi) is 4.44. The van der Waals surface area contributed by atoms with Crippen LogP contribution in [0.3, 0.4) is 0 Å². The Balaban J connectivity index is 2.23. The summed E-state index contributed by atoms with van der Waals surface area (Å²) in [6.07, 6.45) is 2.66. The minimum Gasteiger partial charge on any atom is -0.392 e. The molecule has 6 heteroatoms. The van der Waals surface area contributed by atoms with Crippen LogP contribution in [0.1, 0.15) is 38.7 Å². The average molecular weight is 318 g/mol. The molecule has 0 heterocycles. The molecule has 0 aliphatic heterocycles. The number of aliphatic hydroxyl groups excluding tert-OH is 1. The SMILES string of the molecule is CC1(C)CCC(NS(=O)(=O)c2cc(CO)ccc2Cl)C1. The van der Waals surface area contributed by atoms with Gasteiger partial charge < -0.3 is 5.11 Å². The largest absolute Gasteiger partial charge is 0.392 e. The molecule has 1 saturated carbocycles. The highest BCUT2D eigenvalue weighted by molar-refractivity contribution is 7.89. The van der Waals surface area contributed by atoms with Crippen LogP contribution in [-0.2, 0) is 16.6 Å². The van der Waals surface area contributed by atoms with Crippen molar-refractivity contribution in [2.75, 3.05) is 0 Å². The van der Waals surface area contributed by atoms with Crippen molar-refractivity contribution in [1.82, 2.24) is 4.72 Å². The number of hydrogen-bond donors (Lipinski definition) is 2. The highest BCUT2D eigenvalue weighted by atomic mass is 35.5. The smallest absolute Gasteiger partial charge is 0.242 e.